The fourth-order valence-corrected chi connectivity index (χ4v) is 4.53. The van der Waals surface area contributed by atoms with Crippen molar-refractivity contribution in [2.24, 2.45) is 0 Å². The topological polar surface area (TPSA) is 47.9 Å². The van der Waals surface area contributed by atoms with Crippen LogP contribution in [0.15, 0.2) is 53.9 Å². The minimum atomic E-state index is -0.0371. The Morgan fingerprint density at radius 2 is 1.88 bits per heavy atom. The average molecular weight is 362 g/mol. The zero-order chi connectivity index (χ0) is 16.4. The van der Waals surface area contributed by atoms with Gasteiger partial charge in [0.1, 0.15) is 11.8 Å². The Balaban J connectivity index is 0.00000208. The maximum absolute atomic E-state index is 9.80. The molecule has 2 aromatic carbocycles. The average Bonchev–Trinajstić information content (AvgIpc) is 2.54. The van der Waals surface area contributed by atoms with Gasteiger partial charge in [-0.3, -0.25) is 0 Å². The first kappa shape index (κ1) is 18.9. The van der Waals surface area contributed by atoms with Crippen molar-refractivity contribution in [3.05, 3.63) is 70.6 Å². The van der Waals surface area contributed by atoms with Crippen molar-refractivity contribution in [3.63, 3.8) is 0 Å². The number of benzene rings is 2. The molecule has 1 aliphatic carbocycles. The highest BCUT2D eigenvalue weighted by Crippen LogP contribution is 2.41. The van der Waals surface area contributed by atoms with Gasteiger partial charge >= 0.3 is 0 Å². The van der Waals surface area contributed by atoms with Crippen LogP contribution in [0, 0.1) is 0 Å². The largest absolute Gasteiger partial charge is 1.00 e. The van der Waals surface area contributed by atoms with Gasteiger partial charge in [-0.15, -0.1) is 11.8 Å². The number of aromatic hydroxyl groups is 1. The summed E-state index contributed by atoms with van der Waals surface area (Å²) < 4.78 is 0. The highest BCUT2D eigenvalue weighted by Gasteiger charge is 2.43. The fourth-order valence-electron chi connectivity index (χ4n) is 3.29. The number of rotatable bonds is 3. The Morgan fingerprint density at radius 3 is 2.58 bits per heavy atom. The van der Waals surface area contributed by atoms with Gasteiger partial charge in [-0.1, -0.05) is 50.2 Å². The van der Waals surface area contributed by atoms with Gasteiger partial charge in [-0.05, 0) is 46.7 Å². The van der Waals surface area contributed by atoms with E-state index >= 15 is 0 Å². The number of phenolic OH excluding ortho intramolecular Hbond substituents is 1. The van der Waals surface area contributed by atoms with Crippen LogP contribution in [-0.4, -0.2) is 16.4 Å². The molecule has 128 valence electrons. The molecule has 0 aliphatic heterocycles. The molecule has 0 fully saturated rings. The Kier molecular flexibility index (Phi) is 6.02. The fraction of sp³-hybridized carbons (Fsp3) is 0.300. The second-order valence-corrected chi connectivity index (χ2v) is 7.91. The molecule has 2 atom stereocenters. The first-order chi connectivity index (χ1) is 11.0. The van der Waals surface area contributed by atoms with Crippen LogP contribution in [0.4, 0.5) is 0 Å². The van der Waals surface area contributed by atoms with Gasteiger partial charge in [-0.25, -0.2) is 0 Å². The molecular weight excluding hydrogens is 338 g/mol. The van der Waals surface area contributed by atoms with E-state index in [0.29, 0.717) is 17.0 Å². The van der Waals surface area contributed by atoms with E-state index < -0.39 is 0 Å². The monoisotopic (exact) mass is 361 g/mol. The first-order valence-corrected chi connectivity index (χ1v) is 8.95. The van der Waals surface area contributed by atoms with Crippen LogP contribution in [-0.2, 0) is 11.8 Å². The van der Waals surface area contributed by atoms with E-state index in [1.165, 1.54) is 16.7 Å². The summed E-state index contributed by atoms with van der Waals surface area (Å²) >= 11 is 1.86. The molecule has 0 unspecified atom stereocenters. The second-order valence-electron chi connectivity index (χ2n) is 6.76. The molecule has 0 heterocycles. The first-order valence-electron chi connectivity index (χ1n) is 8.01. The number of hydrogen-bond donors (Lipinski definition) is 2. The Hall–Kier alpha value is -1.42. The molecule has 2 nitrogen and oxygen atoms in total. The summed E-state index contributed by atoms with van der Waals surface area (Å²) in [7, 11) is 0. The minimum absolute atomic E-state index is 0. The molecule has 3 rings (SSSR count). The van der Waals surface area contributed by atoms with Gasteiger partial charge < -0.3 is 23.2 Å². The summed E-state index contributed by atoms with van der Waals surface area (Å²) in [6.07, 6.45) is 3.16. The molecule has 0 saturated carbocycles. The Labute approximate surface area is 154 Å². The van der Waals surface area contributed by atoms with Gasteiger partial charge in [-0.2, -0.15) is 0 Å². The predicted molar refractivity (Wildman–Crippen MR) is 98.4 cm³/mol. The van der Waals surface area contributed by atoms with E-state index in [4.69, 9.17) is 0 Å². The number of halogens is 1. The van der Waals surface area contributed by atoms with Gasteiger partial charge in [0.15, 0.2) is 0 Å². The predicted octanol–water partition coefficient (Wildman–Crippen LogP) is 0.613. The van der Waals surface area contributed by atoms with E-state index in [2.05, 4.69) is 61.4 Å². The van der Waals surface area contributed by atoms with Crippen molar-refractivity contribution in [2.45, 2.75) is 37.0 Å². The molecule has 0 radical (unpaired) electrons. The SMILES string of the molecule is CC1(C)c2cc(O)ccc2C[C@@H](SC=Cc2ccccc2)[C@@H]1[NH3+].[Cl-]. The van der Waals surface area contributed by atoms with E-state index in [0.717, 1.165) is 6.42 Å². The van der Waals surface area contributed by atoms with Crippen LogP contribution in [0.3, 0.4) is 0 Å². The second kappa shape index (κ2) is 7.64. The quantitative estimate of drug-likeness (QED) is 0.841. The van der Waals surface area contributed by atoms with Crippen molar-refractivity contribution in [1.82, 2.24) is 0 Å². The van der Waals surface area contributed by atoms with Crippen LogP contribution in [0.2, 0.25) is 0 Å². The lowest BCUT2D eigenvalue weighted by Gasteiger charge is -2.40. The van der Waals surface area contributed by atoms with Gasteiger partial charge in [0, 0.05) is 5.41 Å². The molecular formula is C20H24ClNOS. The molecule has 0 aromatic heterocycles. The van der Waals surface area contributed by atoms with Crippen molar-refractivity contribution >= 4 is 17.8 Å². The highest BCUT2D eigenvalue weighted by atomic mass is 35.5. The lowest BCUT2D eigenvalue weighted by atomic mass is 9.69. The highest BCUT2D eigenvalue weighted by molar-refractivity contribution is 8.02. The normalized spacial score (nSPS) is 22.0. The molecule has 24 heavy (non-hydrogen) atoms. The molecule has 0 spiro atoms. The maximum atomic E-state index is 9.80. The summed E-state index contributed by atoms with van der Waals surface area (Å²) in [6, 6.07) is 16.4. The molecule has 0 bridgehead atoms. The summed E-state index contributed by atoms with van der Waals surface area (Å²) in [5.74, 6) is 0.346. The van der Waals surface area contributed by atoms with Crippen molar-refractivity contribution in [3.8, 4) is 5.75 Å². The third kappa shape index (κ3) is 3.80. The standard InChI is InChI=1S/C20H23NOS.ClH/c1-20(2)17-13-16(22)9-8-15(17)12-18(19(20)21)23-11-10-14-6-4-3-5-7-14;/h3-11,13,18-19,22H,12,21H2,1-2H3;1H/t18-,19+;/m1./s1. The molecule has 0 saturated heterocycles. The van der Waals surface area contributed by atoms with Gasteiger partial charge in [0.25, 0.3) is 0 Å². The zero-order valence-corrected chi connectivity index (χ0v) is 15.6. The summed E-state index contributed by atoms with van der Waals surface area (Å²) in [6.45, 7) is 4.47. The zero-order valence-electron chi connectivity index (χ0n) is 14.1. The minimum Gasteiger partial charge on any atom is -1.00 e. The van der Waals surface area contributed by atoms with E-state index in [1.807, 2.05) is 23.9 Å². The number of quaternary nitrogens is 1. The molecule has 1 aliphatic rings. The number of phenols is 1. The van der Waals surface area contributed by atoms with Crippen LogP contribution in [0.5, 0.6) is 5.75 Å². The lowest BCUT2D eigenvalue weighted by molar-refractivity contribution is -0.435. The smallest absolute Gasteiger partial charge is 0.115 e. The van der Waals surface area contributed by atoms with E-state index in [1.54, 1.807) is 6.07 Å². The summed E-state index contributed by atoms with van der Waals surface area (Å²) in [5.41, 5.74) is 8.20. The maximum Gasteiger partial charge on any atom is 0.115 e. The molecule has 4 N–H and O–H groups in total. The number of fused-ring (bicyclic) bond motifs is 1. The number of hydrogen-bond acceptors (Lipinski definition) is 2. The summed E-state index contributed by atoms with van der Waals surface area (Å²) in [5, 5.41) is 12.4. The van der Waals surface area contributed by atoms with E-state index in [-0.39, 0.29) is 17.8 Å². The van der Waals surface area contributed by atoms with Crippen LogP contribution >= 0.6 is 11.8 Å². The summed E-state index contributed by atoms with van der Waals surface area (Å²) in [4.78, 5) is 0. The molecule has 4 heteroatoms. The Morgan fingerprint density at radius 1 is 1.17 bits per heavy atom. The lowest BCUT2D eigenvalue weighted by Crippen LogP contribution is -3.00. The third-order valence-electron chi connectivity index (χ3n) is 4.90. The van der Waals surface area contributed by atoms with Crippen molar-refractivity contribution < 1.29 is 23.2 Å². The van der Waals surface area contributed by atoms with Crippen LogP contribution in [0.1, 0.15) is 30.5 Å². The van der Waals surface area contributed by atoms with E-state index in [9.17, 15) is 5.11 Å². The third-order valence-corrected chi connectivity index (χ3v) is 6.04. The van der Waals surface area contributed by atoms with Gasteiger partial charge in [0.05, 0.1) is 5.25 Å². The van der Waals surface area contributed by atoms with Crippen molar-refractivity contribution in [1.29, 1.82) is 0 Å². The number of thioether (sulfide) groups is 1. The van der Waals surface area contributed by atoms with Crippen LogP contribution < -0.4 is 18.1 Å². The van der Waals surface area contributed by atoms with Gasteiger partial charge in [0.2, 0.25) is 0 Å². The Bertz CT molecular complexity index is 715. The van der Waals surface area contributed by atoms with Crippen LogP contribution in [0.25, 0.3) is 6.08 Å². The molecule has 2 aromatic rings. The molecule has 0 amide bonds. The van der Waals surface area contributed by atoms with Crippen molar-refractivity contribution in [2.75, 3.05) is 0 Å².